The van der Waals surface area contributed by atoms with Gasteiger partial charge >= 0.3 is 6.03 Å². The van der Waals surface area contributed by atoms with E-state index in [1.54, 1.807) is 0 Å². The first-order valence-electron chi connectivity index (χ1n) is 7.08. The molecule has 2 aliphatic rings. The number of aryl methyl sites for hydroxylation is 2. The summed E-state index contributed by atoms with van der Waals surface area (Å²) in [5, 5.41) is 9.68. The highest BCUT2D eigenvalue weighted by atomic mass is 16.5. The predicted octanol–water partition coefficient (Wildman–Crippen LogP) is 2.14. The zero-order chi connectivity index (χ0) is 13.4. The Kier molecular flexibility index (Phi) is 3.21. The van der Waals surface area contributed by atoms with Crippen LogP contribution in [0, 0.1) is 31.6 Å². The Bertz CT molecular complexity index is 460. The molecule has 5 heteroatoms. The molecule has 0 aliphatic heterocycles. The fourth-order valence-electron chi connectivity index (χ4n) is 2.82. The molecule has 2 aliphatic carbocycles. The van der Waals surface area contributed by atoms with E-state index in [0.717, 1.165) is 41.3 Å². The van der Waals surface area contributed by atoms with Crippen LogP contribution in [0.5, 0.6) is 0 Å². The van der Waals surface area contributed by atoms with Crippen molar-refractivity contribution in [2.45, 2.75) is 39.7 Å². The number of nitrogens with one attached hydrogen (secondary N) is 2. The summed E-state index contributed by atoms with van der Waals surface area (Å²) in [6.45, 7) is 5.04. The lowest BCUT2D eigenvalue weighted by molar-refractivity contribution is 0.239. The first-order valence-corrected chi connectivity index (χ1v) is 7.08. The summed E-state index contributed by atoms with van der Waals surface area (Å²) in [5.41, 5.74) is 1.81. The minimum atomic E-state index is -0.0959. The Hall–Kier alpha value is -1.52. The number of carbonyl (C=O) groups excluding carboxylic acids is 1. The van der Waals surface area contributed by atoms with E-state index >= 15 is 0 Å². The Morgan fingerprint density at radius 3 is 2.79 bits per heavy atom. The van der Waals surface area contributed by atoms with E-state index in [1.807, 2.05) is 13.8 Å². The second-order valence-electron chi connectivity index (χ2n) is 5.86. The number of carbonyl (C=O) groups is 1. The number of urea groups is 1. The number of hydrogen-bond acceptors (Lipinski definition) is 3. The van der Waals surface area contributed by atoms with Crippen LogP contribution in [0.15, 0.2) is 4.52 Å². The zero-order valence-electron chi connectivity index (χ0n) is 11.5. The van der Waals surface area contributed by atoms with Gasteiger partial charge in [0, 0.05) is 18.7 Å². The summed E-state index contributed by atoms with van der Waals surface area (Å²) in [6, 6.07) is -0.0959. The fourth-order valence-corrected chi connectivity index (χ4v) is 2.82. The van der Waals surface area contributed by atoms with Gasteiger partial charge in [-0.15, -0.1) is 0 Å². The molecule has 2 N–H and O–H groups in total. The van der Waals surface area contributed by atoms with Gasteiger partial charge in [-0.1, -0.05) is 5.16 Å². The van der Waals surface area contributed by atoms with Gasteiger partial charge in [0.1, 0.15) is 5.76 Å². The zero-order valence-corrected chi connectivity index (χ0v) is 11.5. The van der Waals surface area contributed by atoms with Crippen molar-refractivity contribution in [2.75, 3.05) is 6.54 Å². The molecule has 104 valence electrons. The average Bonchev–Trinajstić information content (AvgIpc) is 3.25. The maximum absolute atomic E-state index is 11.7. The van der Waals surface area contributed by atoms with Crippen molar-refractivity contribution in [1.82, 2.24) is 15.8 Å². The van der Waals surface area contributed by atoms with Gasteiger partial charge < -0.3 is 15.2 Å². The van der Waals surface area contributed by atoms with Crippen LogP contribution >= 0.6 is 0 Å². The van der Waals surface area contributed by atoms with Gasteiger partial charge in [-0.2, -0.15) is 0 Å². The van der Waals surface area contributed by atoms with Crippen LogP contribution in [0.1, 0.15) is 36.3 Å². The molecule has 2 fully saturated rings. The highest BCUT2D eigenvalue weighted by Gasteiger charge is 2.47. The molecule has 0 radical (unpaired) electrons. The van der Waals surface area contributed by atoms with Gasteiger partial charge in [-0.05, 0) is 50.9 Å². The van der Waals surface area contributed by atoms with E-state index in [2.05, 4.69) is 15.8 Å². The third kappa shape index (κ3) is 2.91. The van der Waals surface area contributed by atoms with Gasteiger partial charge in [0.25, 0.3) is 0 Å². The van der Waals surface area contributed by atoms with Crippen LogP contribution in [0.4, 0.5) is 4.79 Å². The molecule has 3 rings (SSSR count). The van der Waals surface area contributed by atoms with E-state index < -0.39 is 0 Å². The van der Waals surface area contributed by atoms with E-state index in [0.29, 0.717) is 6.54 Å². The van der Waals surface area contributed by atoms with Crippen LogP contribution < -0.4 is 10.6 Å². The topological polar surface area (TPSA) is 67.2 Å². The van der Waals surface area contributed by atoms with Gasteiger partial charge in [0.2, 0.25) is 0 Å². The molecule has 1 aromatic rings. The van der Waals surface area contributed by atoms with Gasteiger partial charge in [0.05, 0.1) is 5.69 Å². The molecule has 2 amide bonds. The second kappa shape index (κ2) is 4.87. The normalized spacial score (nSPS) is 25.2. The lowest BCUT2D eigenvalue weighted by Gasteiger charge is -2.07. The largest absolute Gasteiger partial charge is 0.361 e. The van der Waals surface area contributed by atoms with E-state index in [-0.39, 0.29) is 6.03 Å². The Morgan fingerprint density at radius 2 is 2.16 bits per heavy atom. The summed E-state index contributed by atoms with van der Waals surface area (Å²) < 4.78 is 5.06. The third-order valence-corrected chi connectivity index (χ3v) is 4.34. The van der Waals surface area contributed by atoms with Crippen molar-refractivity contribution in [3.63, 3.8) is 0 Å². The lowest BCUT2D eigenvalue weighted by atomic mass is 10.2. The van der Waals surface area contributed by atoms with Gasteiger partial charge in [-0.3, -0.25) is 0 Å². The Labute approximate surface area is 113 Å². The summed E-state index contributed by atoms with van der Waals surface area (Å²) in [4.78, 5) is 11.7. The average molecular weight is 263 g/mol. The van der Waals surface area contributed by atoms with Crippen LogP contribution in [-0.2, 0) is 6.54 Å². The van der Waals surface area contributed by atoms with Crippen LogP contribution in [0.3, 0.4) is 0 Å². The maximum Gasteiger partial charge on any atom is 0.315 e. The van der Waals surface area contributed by atoms with Crippen LogP contribution in [0.25, 0.3) is 0 Å². The SMILES string of the molecule is Cc1noc(C)c1CNC(=O)NC[C@@H]1C[C@H]1C1CC1. The molecule has 0 saturated heterocycles. The number of rotatable bonds is 5. The number of nitrogens with zero attached hydrogens (tertiary/aromatic N) is 1. The predicted molar refractivity (Wildman–Crippen MR) is 70.5 cm³/mol. The molecule has 19 heavy (non-hydrogen) atoms. The van der Waals surface area contributed by atoms with Crippen molar-refractivity contribution in [1.29, 1.82) is 0 Å². The standard InChI is InChI=1S/C14H21N3O2/c1-8-13(9(2)19-17-8)7-16-14(18)15-6-11-5-12(11)10-3-4-10/h10-12H,3-7H2,1-2H3,(H2,15,16,18)/t11-,12-/m0/s1. The maximum atomic E-state index is 11.7. The van der Waals surface area contributed by atoms with Crippen molar-refractivity contribution in [3.05, 3.63) is 17.0 Å². The van der Waals surface area contributed by atoms with E-state index in [9.17, 15) is 4.79 Å². The first kappa shape index (κ1) is 12.5. The number of amides is 2. The molecular formula is C14H21N3O2. The van der Waals surface area contributed by atoms with Crippen molar-refractivity contribution < 1.29 is 9.32 Å². The molecular weight excluding hydrogens is 242 g/mol. The minimum absolute atomic E-state index is 0.0959. The highest BCUT2D eigenvalue weighted by Crippen LogP contribution is 2.53. The van der Waals surface area contributed by atoms with E-state index in [4.69, 9.17) is 4.52 Å². The molecule has 1 heterocycles. The quantitative estimate of drug-likeness (QED) is 0.855. The molecule has 2 atom stereocenters. The smallest absolute Gasteiger partial charge is 0.315 e. The molecule has 0 unspecified atom stereocenters. The summed E-state index contributed by atoms with van der Waals surface area (Å²) in [7, 11) is 0. The van der Waals surface area contributed by atoms with Gasteiger partial charge in [-0.25, -0.2) is 4.79 Å². The molecule has 0 bridgehead atoms. The molecule has 5 nitrogen and oxygen atoms in total. The molecule has 0 aromatic carbocycles. The second-order valence-corrected chi connectivity index (χ2v) is 5.86. The minimum Gasteiger partial charge on any atom is -0.361 e. The molecule has 2 saturated carbocycles. The number of aromatic nitrogens is 1. The van der Waals surface area contributed by atoms with Crippen molar-refractivity contribution in [2.24, 2.45) is 17.8 Å². The van der Waals surface area contributed by atoms with Gasteiger partial charge in [0.15, 0.2) is 0 Å². The monoisotopic (exact) mass is 263 g/mol. The molecule has 0 spiro atoms. The fraction of sp³-hybridized carbons (Fsp3) is 0.714. The van der Waals surface area contributed by atoms with E-state index in [1.165, 1.54) is 19.3 Å². The first-order chi connectivity index (χ1) is 9.15. The summed E-state index contributed by atoms with van der Waals surface area (Å²) in [6.07, 6.45) is 4.10. The molecule has 1 aromatic heterocycles. The van der Waals surface area contributed by atoms with Crippen LogP contribution in [-0.4, -0.2) is 17.7 Å². The summed E-state index contributed by atoms with van der Waals surface area (Å²) in [5.74, 6) is 3.35. The number of hydrogen-bond donors (Lipinski definition) is 2. The highest BCUT2D eigenvalue weighted by molar-refractivity contribution is 5.73. The van der Waals surface area contributed by atoms with Crippen molar-refractivity contribution in [3.8, 4) is 0 Å². The Balaban J connectivity index is 1.37. The summed E-state index contributed by atoms with van der Waals surface area (Å²) >= 11 is 0. The van der Waals surface area contributed by atoms with Crippen molar-refractivity contribution >= 4 is 6.03 Å². The third-order valence-electron chi connectivity index (χ3n) is 4.34. The Morgan fingerprint density at radius 1 is 1.37 bits per heavy atom. The lowest BCUT2D eigenvalue weighted by Crippen LogP contribution is -2.36. The van der Waals surface area contributed by atoms with Crippen LogP contribution in [0.2, 0.25) is 0 Å².